The van der Waals surface area contributed by atoms with Crippen molar-refractivity contribution < 1.29 is 0 Å². The van der Waals surface area contributed by atoms with Crippen LogP contribution in [0.25, 0.3) is 0 Å². The lowest BCUT2D eigenvalue weighted by atomic mass is 10.2. The first-order chi connectivity index (χ1) is 8.31. The van der Waals surface area contributed by atoms with Gasteiger partial charge in [0, 0.05) is 6.42 Å². The van der Waals surface area contributed by atoms with Gasteiger partial charge in [-0.3, -0.25) is 4.57 Å². The fraction of sp³-hybridized carbons (Fsp3) is 0.333. The molecule has 1 aromatic carbocycles. The average molecular weight is 232 g/mol. The van der Waals surface area contributed by atoms with E-state index in [4.69, 9.17) is 5.73 Å². The Bertz CT molecular complexity index is 515. The lowest BCUT2D eigenvalue weighted by Gasteiger charge is -2.05. The molecule has 0 aliphatic heterocycles. The summed E-state index contributed by atoms with van der Waals surface area (Å²) in [4.78, 5) is 11.6. The molecule has 2 rings (SSSR count). The number of hydrogen-bond donors (Lipinski definition) is 2. The van der Waals surface area contributed by atoms with E-state index in [1.807, 2.05) is 30.3 Å². The smallest absolute Gasteiger partial charge is 0.330 e. The van der Waals surface area contributed by atoms with Gasteiger partial charge in [-0.2, -0.15) is 5.10 Å². The molecule has 0 fully saturated rings. The van der Waals surface area contributed by atoms with E-state index in [-0.39, 0.29) is 5.69 Å². The molecule has 0 unspecified atom stereocenters. The quantitative estimate of drug-likeness (QED) is 0.788. The fourth-order valence-corrected chi connectivity index (χ4v) is 1.73. The summed E-state index contributed by atoms with van der Waals surface area (Å²) in [5.74, 6) is 0.768. The summed E-state index contributed by atoms with van der Waals surface area (Å²) in [6, 6.07) is 9.86. The van der Waals surface area contributed by atoms with Gasteiger partial charge in [0.15, 0.2) is 0 Å². The van der Waals surface area contributed by atoms with E-state index in [1.165, 1.54) is 0 Å². The molecule has 2 aromatic rings. The van der Waals surface area contributed by atoms with Crippen molar-refractivity contribution in [1.82, 2.24) is 14.8 Å². The Kier molecular flexibility index (Phi) is 3.72. The van der Waals surface area contributed by atoms with Crippen LogP contribution in [-0.2, 0) is 13.0 Å². The minimum absolute atomic E-state index is 0.166. The second-order valence-electron chi connectivity index (χ2n) is 3.91. The van der Waals surface area contributed by atoms with Crippen LogP contribution < -0.4 is 11.4 Å². The second-order valence-corrected chi connectivity index (χ2v) is 3.91. The average Bonchev–Trinajstić information content (AvgIpc) is 2.70. The minimum atomic E-state index is -0.166. The van der Waals surface area contributed by atoms with E-state index in [0.717, 1.165) is 24.2 Å². The number of H-pyrrole nitrogens is 1. The van der Waals surface area contributed by atoms with Gasteiger partial charge in [0.2, 0.25) is 0 Å². The molecule has 0 bridgehead atoms. The molecular weight excluding hydrogens is 216 g/mol. The molecule has 0 aliphatic rings. The monoisotopic (exact) mass is 232 g/mol. The summed E-state index contributed by atoms with van der Waals surface area (Å²) >= 11 is 0. The predicted octanol–water partition coefficient (Wildman–Crippen LogP) is 0.511. The lowest BCUT2D eigenvalue weighted by Crippen LogP contribution is -2.20. The molecule has 5 heteroatoms. The van der Waals surface area contributed by atoms with Crippen molar-refractivity contribution in [3.8, 4) is 0 Å². The van der Waals surface area contributed by atoms with Crippen molar-refractivity contribution in [1.29, 1.82) is 0 Å². The zero-order chi connectivity index (χ0) is 12.1. The third-order valence-electron chi connectivity index (χ3n) is 2.63. The Balaban J connectivity index is 2.20. The minimum Gasteiger partial charge on any atom is -0.330 e. The standard InChI is InChI=1S/C12H16N4O/c13-8-4-7-11-14-15-12(17)16(11)9-10-5-2-1-3-6-10/h1-3,5-6H,4,7-9,13H2,(H,15,17). The Labute approximate surface area is 99.3 Å². The molecular formula is C12H16N4O. The maximum atomic E-state index is 11.6. The van der Waals surface area contributed by atoms with Crippen molar-refractivity contribution in [2.24, 2.45) is 5.73 Å². The Morgan fingerprint density at radius 2 is 2.06 bits per heavy atom. The number of aryl methyl sites for hydroxylation is 1. The highest BCUT2D eigenvalue weighted by Gasteiger charge is 2.07. The maximum absolute atomic E-state index is 11.6. The number of benzene rings is 1. The molecule has 0 spiro atoms. The molecule has 1 aromatic heterocycles. The van der Waals surface area contributed by atoms with E-state index in [0.29, 0.717) is 13.1 Å². The van der Waals surface area contributed by atoms with Crippen molar-refractivity contribution in [3.63, 3.8) is 0 Å². The van der Waals surface area contributed by atoms with Gasteiger partial charge in [-0.1, -0.05) is 30.3 Å². The van der Waals surface area contributed by atoms with Gasteiger partial charge in [0.05, 0.1) is 6.54 Å². The van der Waals surface area contributed by atoms with Crippen LogP contribution in [-0.4, -0.2) is 21.3 Å². The zero-order valence-corrected chi connectivity index (χ0v) is 9.60. The van der Waals surface area contributed by atoms with Crippen LogP contribution in [0.5, 0.6) is 0 Å². The molecule has 5 nitrogen and oxygen atoms in total. The van der Waals surface area contributed by atoms with Gasteiger partial charge < -0.3 is 5.73 Å². The van der Waals surface area contributed by atoms with Crippen LogP contribution in [0.3, 0.4) is 0 Å². The number of rotatable bonds is 5. The van der Waals surface area contributed by atoms with Crippen LogP contribution in [0.2, 0.25) is 0 Å². The summed E-state index contributed by atoms with van der Waals surface area (Å²) < 4.78 is 1.66. The van der Waals surface area contributed by atoms with E-state index in [1.54, 1.807) is 4.57 Å². The predicted molar refractivity (Wildman–Crippen MR) is 65.8 cm³/mol. The summed E-state index contributed by atoms with van der Waals surface area (Å²) in [6.45, 7) is 1.16. The van der Waals surface area contributed by atoms with E-state index in [9.17, 15) is 4.79 Å². The van der Waals surface area contributed by atoms with Gasteiger partial charge in [0.25, 0.3) is 0 Å². The molecule has 17 heavy (non-hydrogen) atoms. The molecule has 0 radical (unpaired) electrons. The van der Waals surface area contributed by atoms with Gasteiger partial charge >= 0.3 is 5.69 Å². The molecule has 3 N–H and O–H groups in total. The SMILES string of the molecule is NCCCc1n[nH]c(=O)n1Cc1ccccc1. The molecule has 90 valence electrons. The van der Waals surface area contributed by atoms with Crippen molar-refractivity contribution >= 4 is 0 Å². The van der Waals surface area contributed by atoms with Crippen LogP contribution >= 0.6 is 0 Å². The number of aromatic amines is 1. The van der Waals surface area contributed by atoms with Crippen LogP contribution in [0.15, 0.2) is 35.1 Å². The van der Waals surface area contributed by atoms with Crippen LogP contribution in [0.1, 0.15) is 17.8 Å². The molecule has 1 heterocycles. The Morgan fingerprint density at radius 1 is 1.29 bits per heavy atom. The van der Waals surface area contributed by atoms with Crippen LogP contribution in [0.4, 0.5) is 0 Å². The van der Waals surface area contributed by atoms with Gasteiger partial charge in [-0.05, 0) is 18.5 Å². The normalized spacial score (nSPS) is 10.6. The third-order valence-corrected chi connectivity index (χ3v) is 2.63. The maximum Gasteiger partial charge on any atom is 0.343 e. The number of nitrogens with one attached hydrogen (secondary N) is 1. The lowest BCUT2D eigenvalue weighted by molar-refractivity contribution is 0.676. The number of hydrogen-bond acceptors (Lipinski definition) is 3. The van der Waals surface area contributed by atoms with E-state index >= 15 is 0 Å². The summed E-state index contributed by atoms with van der Waals surface area (Å²) in [5, 5.41) is 6.50. The Hall–Kier alpha value is -1.88. The first-order valence-electron chi connectivity index (χ1n) is 5.69. The topological polar surface area (TPSA) is 76.7 Å². The van der Waals surface area contributed by atoms with Crippen molar-refractivity contribution in [2.45, 2.75) is 19.4 Å². The highest BCUT2D eigenvalue weighted by molar-refractivity contribution is 5.15. The van der Waals surface area contributed by atoms with E-state index in [2.05, 4.69) is 10.2 Å². The summed E-state index contributed by atoms with van der Waals surface area (Å²) in [5.41, 5.74) is 6.38. The summed E-state index contributed by atoms with van der Waals surface area (Å²) in [6.07, 6.45) is 1.56. The number of aromatic nitrogens is 3. The molecule has 0 atom stereocenters. The van der Waals surface area contributed by atoms with Crippen molar-refractivity contribution in [3.05, 3.63) is 52.2 Å². The van der Waals surface area contributed by atoms with E-state index < -0.39 is 0 Å². The summed E-state index contributed by atoms with van der Waals surface area (Å²) in [7, 11) is 0. The first-order valence-corrected chi connectivity index (χ1v) is 5.69. The number of nitrogens with two attached hydrogens (primary N) is 1. The van der Waals surface area contributed by atoms with Gasteiger partial charge in [-0.15, -0.1) is 0 Å². The highest BCUT2D eigenvalue weighted by Crippen LogP contribution is 2.03. The van der Waals surface area contributed by atoms with Gasteiger partial charge in [-0.25, -0.2) is 9.89 Å². The zero-order valence-electron chi connectivity index (χ0n) is 9.60. The first kappa shape index (κ1) is 11.6. The van der Waals surface area contributed by atoms with Crippen LogP contribution in [0, 0.1) is 0 Å². The molecule has 0 saturated heterocycles. The van der Waals surface area contributed by atoms with Crippen molar-refractivity contribution in [2.75, 3.05) is 6.54 Å². The van der Waals surface area contributed by atoms with Gasteiger partial charge in [0.1, 0.15) is 5.82 Å². The highest BCUT2D eigenvalue weighted by atomic mass is 16.1. The molecule has 0 amide bonds. The second kappa shape index (κ2) is 5.45. The Morgan fingerprint density at radius 3 is 2.76 bits per heavy atom. The third kappa shape index (κ3) is 2.82. The molecule has 0 aliphatic carbocycles. The largest absolute Gasteiger partial charge is 0.343 e. The fourth-order valence-electron chi connectivity index (χ4n) is 1.73. The number of nitrogens with zero attached hydrogens (tertiary/aromatic N) is 2. The molecule has 0 saturated carbocycles.